The summed E-state index contributed by atoms with van der Waals surface area (Å²) in [6.07, 6.45) is -0.434. The second-order valence-corrected chi connectivity index (χ2v) is 14.9. The number of nitrogens with zero attached hydrogens (tertiary/aromatic N) is 4. The number of carbonyl (C=O) groups excluding carboxylic acids is 3. The second-order valence-electron chi connectivity index (χ2n) is 11.4. The fourth-order valence-electron chi connectivity index (χ4n) is 5.16. The zero-order valence-corrected chi connectivity index (χ0v) is 26.3. The van der Waals surface area contributed by atoms with E-state index in [0.717, 1.165) is 10.6 Å². The molecular formula is C27H33ClN6O6S2. The summed E-state index contributed by atoms with van der Waals surface area (Å²) in [5.74, 6) is -1.07. The summed E-state index contributed by atoms with van der Waals surface area (Å²) >= 11 is 7.24. The van der Waals surface area contributed by atoms with Gasteiger partial charge in [0.05, 0.1) is 12.2 Å². The normalized spacial score (nSPS) is 20.0. The van der Waals surface area contributed by atoms with Crippen molar-refractivity contribution in [3.63, 3.8) is 0 Å². The fraction of sp³-hybridized carbons (Fsp3) is 0.481. The van der Waals surface area contributed by atoms with Gasteiger partial charge in [0.15, 0.2) is 5.01 Å². The first-order chi connectivity index (χ1) is 19.7. The number of hydrogen-bond donors (Lipinski definition) is 2. The van der Waals surface area contributed by atoms with E-state index in [1.54, 1.807) is 43.9 Å². The molecule has 2 aliphatic rings. The third-order valence-corrected chi connectivity index (χ3v) is 10.3. The largest absolute Gasteiger partial charge is 0.444 e. The van der Waals surface area contributed by atoms with Crippen molar-refractivity contribution in [2.45, 2.75) is 56.8 Å². The Morgan fingerprint density at radius 2 is 1.90 bits per heavy atom. The molecule has 1 aromatic carbocycles. The molecule has 3 amide bonds. The van der Waals surface area contributed by atoms with Crippen LogP contribution in [0.15, 0.2) is 29.3 Å². The summed E-state index contributed by atoms with van der Waals surface area (Å²) in [5, 5.41) is 3.84. The monoisotopic (exact) mass is 636 g/mol. The maximum absolute atomic E-state index is 13.7. The summed E-state index contributed by atoms with van der Waals surface area (Å²) in [6, 6.07) is 5.46. The summed E-state index contributed by atoms with van der Waals surface area (Å²) in [7, 11) is -2.57. The molecule has 0 radical (unpaired) electrons. The molecule has 226 valence electrons. The SMILES string of the molecule is CNC(=O)C1CN(S(=O)(=O)c2cc3cc(Cl)ccc3[nH]2)CCN1C(=O)c1nc2c(s1)CN(C(=O)OC(C)(C)C)CC2C. The number of hydrogen-bond acceptors (Lipinski definition) is 8. The number of aromatic nitrogens is 2. The molecule has 1 fully saturated rings. The van der Waals surface area contributed by atoms with Crippen molar-refractivity contribution in [3.8, 4) is 0 Å². The van der Waals surface area contributed by atoms with E-state index < -0.39 is 39.6 Å². The van der Waals surface area contributed by atoms with Crippen molar-refractivity contribution in [3.05, 3.63) is 44.9 Å². The molecule has 15 heteroatoms. The number of sulfonamides is 1. The second kappa shape index (κ2) is 11.1. The molecule has 1 saturated heterocycles. The summed E-state index contributed by atoms with van der Waals surface area (Å²) in [6.45, 7) is 7.76. The number of fused-ring (bicyclic) bond motifs is 2. The van der Waals surface area contributed by atoms with Gasteiger partial charge in [-0.3, -0.25) is 9.59 Å². The van der Waals surface area contributed by atoms with Gasteiger partial charge >= 0.3 is 6.09 Å². The minimum absolute atomic E-state index is 0.00790. The molecule has 0 saturated carbocycles. The van der Waals surface area contributed by atoms with Crippen LogP contribution < -0.4 is 5.32 Å². The van der Waals surface area contributed by atoms with Gasteiger partial charge in [-0.25, -0.2) is 18.2 Å². The van der Waals surface area contributed by atoms with E-state index in [1.165, 1.54) is 33.7 Å². The lowest BCUT2D eigenvalue weighted by molar-refractivity contribution is -0.126. The van der Waals surface area contributed by atoms with E-state index in [2.05, 4.69) is 15.3 Å². The third-order valence-electron chi connectivity index (χ3n) is 7.19. The summed E-state index contributed by atoms with van der Waals surface area (Å²) in [5.41, 5.74) is 0.712. The van der Waals surface area contributed by atoms with Gasteiger partial charge in [0, 0.05) is 59.9 Å². The van der Waals surface area contributed by atoms with Gasteiger partial charge in [0.2, 0.25) is 5.91 Å². The first-order valence-electron chi connectivity index (χ1n) is 13.5. The van der Waals surface area contributed by atoms with Crippen LogP contribution in [0.5, 0.6) is 0 Å². The van der Waals surface area contributed by atoms with E-state index >= 15 is 0 Å². The van der Waals surface area contributed by atoms with E-state index in [1.807, 2.05) is 6.92 Å². The zero-order chi connectivity index (χ0) is 30.6. The van der Waals surface area contributed by atoms with Crippen LogP contribution in [-0.2, 0) is 26.1 Å². The number of benzene rings is 1. The molecule has 3 aromatic rings. The summed E-state index contributed by atoms with van der Waals surface area (Å²) in [4.78, 5) is 50.7. The van der Waals surface area contributed by atoms with Crippen molar-refractivity contribution in [1.29, 1.82) is 0 Å². The Hall–Kier alpha value is -3.20. The average molecular weight is 637 g/mol. The Balaban J connectivity index is 1.36. The molecule has 0 aliphatic carbocycles. The molecule has 4 heterocycles. The van der Waals surface area contributed by atoms with E-state index in [4.69, 9.17) is 16.3 Å². The highest BCUT2D eigenvalue weighted by Gasteiger charge is 2.42. The maximum atomic E-state index is 13.7. The number of amides is 3. The highest BCUT2D eigenvalue weighted by molar-refractivity contribution is 7.89. The Bertz CT molecular complexity index is 1660. The van der Waals surface area contributed by atoms with Gasteiger partial charge in [0.1, 0.15) is 16.7 Å². The van der Waals surface area contributed by atoms with Crippen molar-refractivity contribution < 1.29 is 27.5 Å². The number of rotatable bonds is 4. The third kappa shape index (κ3) is 5.85. The summed E-state index contributed by atoms with van der Waals surface area (Å²) < 4.78 is 33.8. The van der Waals surface area contributed by atoms with E-state index in [-0.39, 0.29) is 42.1 Å². The standard InChI is InChI=1S/C27H33ClN6O6S2/c1-15-12-32(26(37)40-27(2,3)4)14-20-22(15)31-24(41-20)25(36)34-9-8-33(13-19(34)23(35)29-5)42(38,39)21-11-16-10-17(28)6-7-18(16)30-21/h6-7,10-11,15,19,30H,8-9,12-14H2,1-5H3,(H,29,35). The molecule has 0 spiro atoms. The number of piperazine rings is 1. The van der Waals surface area contributed by atoms with Gasteiger partial charge in [-0.2, -0.15) is 4.31 Å². The van der Waals surface area contributed by atoms with Crippen LogP contribution in [0.4, 0.5) is 4.79 Å². The Morgan fingerprint density at radius 1 is 1.17 bits per heavy atom. The van der Waals surface area contributed by atoms with Crippen LogP contribution in [0.25, 0.3) is 10.9 Å². The number of nitrogens with one attached hydrogen (secondary N) is 2. The predicted octanol–water partition coefficient (Wildman–Crippen LogP) is 3.39. The van der Waals surface area contributed by atoms with Gasteiger partial charge < -0.3 is 24.8 Å². The Kier molecular flexibility index (Phi) is 8.02. The molecule has 5 rings (SSSR count). The van der Waals surface area contributed by atoms with Crippen LogP contribution in [0.2, 0.25) is 5.02 Å². The van der Waals surface area contributed by atoms with Gasteiger partial charge in [-0.1, -0.05) is 18.5 Å². The molecule has 2 N–H and O–H groups in total. The molecule has 2 aromatic heterocycles. The van der Waals surface area contributed by atoms with Crippen LogP contribution >= 0.6 is 22.9 Å². The molecule has 2 aliphatic heterocycles. The van der Waals surface area contributed by atoms with E-state index in [9.17, 15) is 22.8 Å². The number of aromatic amines is 1. The van der Waals surface area contributed by atoms with Crippen molar-refractivity contribution in [1.82, 2.24) is 29.4 Å². The lowest BCUT2D eigenvalue weighted by atomic mass is 10.0. The minimum Gasteiger partial charge on any atom is -0.444 e. The average Bonchev–Trinajstić information content (AvgIpc) is 3.56. The minimum atomic E-state index is -4.01. The molecule has 0 bridgehead atoms. The van der Waals surface area contributed by atoms with Crippen LogP contribution in [0.3, 0.4) is 0 Å². The van der Waals surface area contributed by atoms with Crippen LogP contribution in [0, 0.1) is 0 Å². The zero-order valence-electron chi connectivity index (χ0n) is 23.9. The topological polar surface area (TPSA) is 145 Å². The van der Waals surface area contributed by atoms with Crippen LogP contribution in [-0.4, -0.2) is 95.3 Å². The smallest absolute Gasteiger partial charge is 0.410 e. The van der Waals surface area contributed by atoms with Gasteiger partial charge in [-0.15, -0.1) is 11.3 Å². The van der Waals surface area contributed by atoms with E-state index in [0.29, 0.717) is 22.5 Å². The molecular weight excluding hydrogens is 604 g/mol. The highest BCUT2D eigenvalue weighted by atomic mass is 35.5. The quantitative estimate of drug-likeness (QED) is 0.447. The Labute approximate surface area is 253 Å². The fourth-order valence-corrected chi connectivity index (χ4v) is 7.95. The Morgan fingerprint density at radius 3 is 2.60 bits per heavy atom. The first-order valence-corrected chi connectivity index (χ1v) is 16.1. The first kappa shape index (κ1) is 30.3. The molecule has 12 nitrogen and oxygen atoms in total. The number of halogens is 1. The maximum Gasteiger partial charge on any atom is 0.410 e. The predicted molar refractivity (Wildman–Crippen MR) is 158 cm³/mol. The lowest BCUT2D eigenvalue weighted by Gasteiger charge is -2.39. The number of likely N-dealkylation sites (N-methyl/N-ethyl adjacent to an activating group) is 1. The number of ether oxygens (including phenoxy) is 1. The number of thiazole rings is 1. The lowest BCUT2D eigenvalue weighted by Crippen LogP contribution is -2.61. The van der Waals surface area contributed by atoms with Gasteiger partial charge in [-0.05, 0) is 45.0 Å². The highest BCUT2D eigenvalue weighted by Crippen LogP contribution is 2.34. The van der Waals surface area contributed by atoms with Crippen molar-refractivity contribution >= 4 is 61.8 Å². The van der Waals surface area contributed by atoms with Crippen LogP contribution in [0.1, 0.15) is 54.0 Å². The van der Waals surface area contributed by atoms with Crippen molar-refractivity contribution in [2.75, 3.05) is 33.2 Å². The number of carbonyl (C=O) groups is 3. The number of H-pyrrole nitrogens is 1. The molecule has 2 unspecified atom stereocenters. The van der Waals surface area contributed by atoms with Crippen molar-refractivity contribution in [2.24, 2.45) is 0 Å². The molecule has 2 atom stereocenters. The van der Waals surface area contributed by atoms with Gasteiger partial charge in [0.25, 0.3) is 15.9 Å². The molecule has 42 heavy (non-hydrogen) atoms.